The summed E-state index contributed by atoms with van der Waals surface area (Å²) >= 11 is 0. The van der Waals surface area contributed by atoms with Crippen molar-refractivity contribution in [2.75, 3.05) is 6.61 Å². The summed E-state index contributed by atoms with van der Waals surface area (Å²) < 4.78 is 5.10. The van der Waals surface area contributed by atoms with Crippen LogP contribution in [0.4, 0.5) is 0 Å². The Balaban J connectivity index is 4.46. The Kier molecular flexibility index (Phi) is 6.75. The number of unbranched alkanes of at least 4 members (excludes halogenated alkanes) is 1. The second-order valence-electron chi connectivity index (χ2n) is 4.74. The van der Waals surface area contributed by atoms with E-state index >= 15 is 0 Å². The minimum absolute atomic E-state index is 0.0126. The Morgan fingerprint density at radius 2 is 1.82 bits per heavy atom. The quantitative estimate of drug-likeness (QED) is 0.307. The monoisotopic (exact) mass is 247 g/mol. The number of carbonyl (C=O) groups excluding carboxylic acids is 2. The SMILES string of the molecule is CC(C)(C)OC(=O)[C@@H](CCCCO)C(=O)ON. The lowest BCUT2D eigenvalue weighted by Crippen LogP contribution is -2.34. The molecule has 0 fully saturated rings. The topological polar surface area (TPSA) is 98.8 Å². The van der Waals surface area contributed by atoms with Crippen LogP contribution in [0.5, 0.6) is 0 Å². The second kappa shape index (κ2) is 7.24. The summed E-state index contributed by atoms with van der Waals surface area (Å²) in [5.41, 5.74) is -0.665. The van der Waals surface area contributed by atoms with E-state index in [4.69, 9.17) is 15.7 Å². The molecule has 0 saturated heterocycles. The predicted molar refractivity (Wildman–Crippen MR) is 60.6 cm³/mol. The first-order valence-corrected chi connectivity index (χ1v) is 5.56. The molecular formula is C11H21NO5. The van der Waals surface area contributed by atoms with Gasteiger partial charge in [0.15, 0.2) is 5.92 Å². The van der Waals surface area contributed by atoms with Crippen LogP contribution >= 0.6 is 0 Å². The molecule has 0 aliphatic heterocycles. The molecule has 0 rings (SSSR count). The highest BCUT2D eigenvalue weighted by atomic mass is 16.7. The van der Waals surface area contributed by atoms with Crippen molar-refractivity contribution >= 4 is 11.9 Å². The summed E-state index contributed by atoms with van der Waals surface area (Å²) in [5, 5.41) is 8.64. The van der Waals surface area contributed by atoms with Gasteiger partial charge in [-0.3, -0.25) is 4.79 Å². The molecular weight excluding hydrogens is 226 g/mol. The van der Waals surface area contributed by atoms with E-state index in [1.165, 1.54) is 0 Å². The van der Waals surface area contributed by atoms with E-state index in [2.05, 4.69) is 4.84 Å². The van der Waals surface area contributed by atoms with Gasteiger partial charge in [0.2, 0.25) is 0 Å². The lowest BCUT2D eigenvalue weighted by Gasteiger charge is -2.22. The summed E-state index contributed by atoms with van der Waals surface area (Å²) in [7, 11) is 0. The van der Waals surface area contributed by atoms with Gasteiger partial charge in [-0.05, 0) is 40.0 Å². The van der Waals surface area contributed by atoms with Crippen LogP contribution in [0.3, 0.4) is 0 Å². The fourth-order valence-electron chi connectivity index (χ4n) is 1.25. The van der Waals surface area contributed by atoms with Gasteiger partial charge in [-0.15, -0.1) is 0 Å². The van der Waals surface area contributed by atoms with Crippen molar-refractivity contribution in [1.82, 2.24) is 0 Å². The van der Waals surface area contributed by atoms with Crippen LogP contribution in [0, 0.1) is 5.92 Å². The third-order valence-electron chi connectivity index (χ3n) is 1.99. The van der Waals surface area contributed by atoms with Crippen molar-refractivity contribution in [3.63, 3.8) is 0 Å². The van der Waals surface area contributed by atoms with E-state index in [-0.39, 0.29) is 13.0 Å². The van der Waals surface area contributed by atoms with Gasteiger partial charge >= 0.3 is 11.9 Å². The third kappa shape index (κ3) is 6.91. The molecule has 6 nitrogen and oxygen atoms in total. The van der Waals surface area contributed by atoms with E-state index in [9.17, 15) is 9.59 Å². The van der Waals surface area contributed by atoms with Gasteiger partial charge in [-0.1, -0.05) is 0 Å². The van der Waals surface area contributed by atoms with E-state index in [0.29, 0.717) is 12.8 Å². The molecule has 17 heavy (non-hydrogen) atoms. The van der Waals surface area contributed by atoms with Crippen LogP contribution in [-0.2, 0) is 19.2 Å². The summed E-state index contributed by atoms with van der Waals surface area (Å²) in [4.78, 5) is 27.1. The molecule has 3 N–H and O–H groups in total. The Bertz CT molecular complexity index is 259. The lowest BCUT2D eigenvalue weighted by atomic mass is 10.0. The molecule has 0 saturated carbocycles. The highest BCUT2D eigenvalue weighted by molar-refractivity contribution is 5.94. The molecule has 6 heteroatoms. The minimum atomic E-state index is -1.02. The van der Waals surface area contributed by atoms with E-state index < -0.39 is 23.5 Å². The zero-order valence-electron chi connectivity index (χ0n) is 10.6. The van der Waals surface area contributed by atoms with Crippen molar-refractivity contribution in [2.45, 2.75) is 45.6 Å². The number of carbonyl (C=O) groups is 2. The number of ether oxygens (including phenoxy) is 1. The normalized spacial score (nSPS) is 13.0. The third-order valence-corrected chi connectivity index (χ3v) is 1.99. The average Bonchev–Trinajstić information content (AvgIpc) is 2.20. The molecule has 0 aliphatic carbocycles. The van der Waals surface area contributed by atoms with E-state index in [0.717, 1.165) is 0 Å². The highest BCUT2D eigenvalue weighted by Gasteiger charge is 2.31. The molecule has 0 radical (unpaired) electrons. The number of rotatable bonds is 6. The van der Waals surface area contributed by atoms with E-state index in [1.54, 1.807) is 20.8 Å². The number of nitrogens with two attached hydrogens (primary N) is 1. The van der Waals surface area contributed by atoms with Crippen molar-refractivity contribution < 1.29 is 24.3 Å². The summed E-state index contributed by atoms with van der Waals surface area (Å²) in [6, 6.07) is 0. The van der Waals surface area contributed by atoms with Crippen LogP contribution in [0.15, 0.2) is 0 Å². The van der Waals surface area contributed by atoms with Crippen LogP contribution in [-0.4, -0.2) is 29.3 Å². The maximum atomic E-state index is 11.7. The van der Waals surface area contributed by atoms with Gasteiger partial charge in [0, 0.05) is 6.61 Å². The maximum Gasteiger partial charge on any atom is 0.338 e. The Labute approximate surface area is 101 Å². The molecule has 1 atom stereocenters. The van der Waals surface area contributed by atoms with Gasteiger partial charge in [0.05, 0.1) is 0 Å². The highest BCUT2D eigenvalue weighted by Crippen LogP contribution is 2.17. The number of hydrogen-bond acceptors (Lipinski definition) is 6. The second-order valence-corrected chi connectivity index (χ2v) is 4.74. The summed E-state index contributed by atoms with van der Waals surface area (Å²) in [6.45, 7) is 5.15. The molecule has 0 aromatic rings. The maximum absolute atomic E-state index is 11.7. The first-order valence-electron chi connectivity index (χ1n) is 5.56. The van der Waals surface area contributed by atoms with Crippen LogP contribution in [0.2, 0.25) is 0 Å². The molecule has 0 bridgehead atoms. The molecule has 0 spiro atoms. The van der Waals surface area contributed by atoms with Crippen molar-refractivity contribution in [3.05, 3.63) is 0 Å². The zero-order valence-corrected chi connectivity index (χ0v) is 10.6. The first kappa shape index (κ1) is 15.9. The number of aliphatic hydroxyl groups excluding tert-OH is 1. The smallest absolute Gasteiger partial charge is 0.338 e. The van der Waals surface area contributed by atoms with Crippen molar-refractivity contribution in [1.29, 1.82) is 0 Å². The van der Waals surface area contributed by atoms with Gasteiger partial charge in [-0.2, -0.15) is 5.90 Å². The minimum Gasteiger partial charge on any atom is -0.459 e. The molecule has 0 amide bonds. The summed E-state index contributed by atoms with van der Waals surface area (Å²) in [6.07, 6.45) is 1.29. The Morgan fingerprint density at radius 1 is 1.24 bits per heavy atom. The zero-order chi connectivity index (χ0) is 13.5. The number of esters is 1. The largest absolute Gasteiger partial charge is 0.459 e. The molecule has 0 aromatic carbocycles. The average molecular weight is 247 g/mol. The van der Waals surface area contributed by atoms with Crippen molar-refractivity contribution in [2.24, 2.45) is 11.8 Å². The fourth-order valence-corrected chi connectivity index (χ4v) is 1.25. The number of hydrogen-bond donors (Lipinski definition) is 2. The van der Waals surface area contributed by atoms with Crippen LogP contribution in [0.25, 0.3) is 0 Å². The molecule has 0 heterocycles. The molecule has 0 aliphatic rings. The molecule has 0 unspecified atom stereocenters. The van der Waals surface area contributed by atoms with Gasteiger partial charge < -0.3 is 14.7 Å². The predicted octanol–water partition coefficient (Wildman–Crippen LogP) is 0.524. The number of aliphatic hydroxyl groups is 1. The Hall–Kier alpha value is -1.14. The first-order chi connectivity index (χ1) is 7.81. The van der Waals surface area contributed by atoms with Crippen LogP contribution < -0.4 is 5.90 Å². The lowest BCUT2D eigenvalue weighted by molar-refractivity contribution is -0.169. The van der Waals surface area contributed by atoms with Gasteiger partial charge in [-0.25, -0.2) is 4.79 Å². The van der Waals surface area contributed by atoms with Gasteiger partial charge in [0.25, 0.3) is 0 Å². The van der Waals surface area contributed by atoms with Crippen LogP contribution in [0.1, 0.15) is 40.0 Å². The van der Waals surface area contributed by atoms with E-state index in [1.807, 2.05) is 0 Å². The fraction of sp³-hybridized carbons (Fsp3) is 0.818. The van der Waals surface area contributed by atoms with Gasteiger partial charge in [0.1, 0.15) is 5.60 Å². The molecule has 100 valence electrons. The standard InChI is InChI=1S/C11H21NO5/c1-11(2,3)16-9(14)8(10(15)17-12)6-4-5-7-13/h8,13H,4-7,12H2,1-3H3/t8-/m1/s1. The molecule has 0 aromatic heterocycles. The summed E-state index contributed by atoms with van der Waals surface area (Å²) in [5.74, 6) is 2.29. The Morgan fingerprint density at radius 3 is 2.24 bits per heavy atom. The van der Waals surface area contributed by atoms with Crippen molar-refractivity contribution in [3.8, 4) is 0 Å².